The molecule has 0 aromatic heterocycles. The Hall–Kier alpha value is -0.0400. The monoisotopic (exact) mass is 204 g/mol. The predicted molar refractivity (Wildman–Crippen MR) is 67.9 cm³/mol. The molecule has 1 saturated heterocycles. The van der Waals surface area contributed by atoms with Crippen LogP contribution in [0.1, 0.15) is 68.2 Å². The van der Waals surface area contributed by atoms with Crippen LogP contribution in [0.5, 0.6) is 0 Å². The van der Waals surface area contributed by atoms with Crippen LogP contribution in [0.3, 0.4) is 0 Å². The molecule has 1 aliphatic heterocycles. The zero-order valence-electron chi connectivity index (χ0n) is 11.7. The first-order chi connectivity index (χ1) is 6.79. The average Bonchev–Trinajstić information content (AvgIpc) is 2.26. The van der Waals surface area contributed by atoms with Gasteiger partial charge in [0.05, 0.1) is 6.10 Å². The van der Waals surface area contributed by atoms with Gasteiger partial charge in [-0.05, 0) is 25.7 Å². The minimum atomic E-state index is 0.513. The quantitative estimate of drug-likeness (QED) is 0.545. The molecule has 0 amide bonds. The summed E-state index contributed by atoms with van der Waals surface area (Å²) < 4.78 is 5.35. The zero-order valence-corrected chi connectivity index (χ0v) is 11.7. The molecule has 0 aromatic rings. The molecular weight excluding hydrogens is 172 g/mol. The van der Waals surface area contributed by atoms with Crippen LogP contribution < -0.4 is 0 Å². The molecule has 2 atom stereocenters. The summed E-state index contributed by atoms with van der Waals surface area (Å²) in [6, 6.07) is 0. The molecule has 0 saturated carbocycles. The molecule has 1 heterocycles. The van der Waals surface area contributed by atoms with Crippen molar-refractivity contribution < 1.29 is 4.74 Å². The molecular formula is C13H32O. The van der Waals surface area contributed by atoms with E-state index in [4.69, 9.17) is 4.74 Å². The Morgan fingerprint density at radius 2 is 1.29 bits per heavy atom. The van der Waals surface area contributed by atoms with Crippen LogP contribution >= 0.6 is 0 Å². The Balaban J connectivity index is -0.000000174. The van der Waals surface area contributed by atoms with E-state index in [1.165, 1.54) is 12.8 Å². The van der Waals surface area contributed by atoms with Gasteiger partial charge in [0, 0.05) is 6.61 Å². The Labute approximate surface area is 92.2 Å². The summed E-state index contributed by atoms with van der Waals surface area (Å²) in [5.74, 6) is 0.888. The van der Waals surface area contributed by atoms with Crippen LogP contribution in [-0.4, -0.2) is 12.7 Å². The Bertz CT molecular complexity index is 63.6. The first kappa shape index (κ1) is 19.5. The molecule has 1 rings (SSSR count). The van der Waals surface area contributed by atoms with E-state index in [-0.39, 0.29) is 0 Å². The lowest BCUT2D eigenvalue weighted by molar-refractivity contribution is 0.00682. The van der Waals surface area contributed by atoms with Gasteiger partial charge in [-0.15, -0.1) is 0 Å². The third kappa shape index (κ3) is 14.5. The normalized spacial score (nSPS) is 24.0. The molecule has 14 heavy (non-hydrogen) atoms. The van der Waals surface area contributed by atoms with Crippen LogP contribution in [0, 0.1) is 5.92 Å². The zero-order chi connectivity index (χ0) is 12.0. The topological polar surface area (TPSA) is 9.23 Å². The largest absolute Gasteiger partial charge is 0.378 e. The predicted octanol–water partition coefficient (Wildman–Crippen LogP) is 4.90. The highest BCUT2D eigenvalue weighted by Gasteiger charge is 2.13. The standard InChI is InChI=1S/C7H14O.3C2H6/c1-6-3-4-8-7(2)5-6;3*1-2/h6-7H,3-5H2,1-2H3;3*1-2H3. The fourth-order valence-corrected chi connectivity index (χ4v) is 1.22. The van der Waals surface area contributed by atoms with Gasteiger partial charge in [0.15, 0.2) is 0 Å². The van der Waals surface area contributed by atoms with Gasteiger partial charge in [0.2, 0.25) is 0 Å². The summed E-state index contributed by atoms with van der Waals surface area (Å²) in [5, 5.41) is 0. The average molecular weight is 204 g/mol. The van der Waals surface area contributed by atoms with E-state index in [1.807, 2.05) is 41.5 Å². The minimum absolute atomic E-state index is 0.513. The second-order valence-electron chi connectivity index (χ2n) is 2.81. The Morgan fingerprint density at radius 3 is 1.50 bits per heavy atom. The molecule has 1 fully saturated rings. The van der Waals surface area contributed by atoms with E-state index in [1.54, 1.807) is 0 Å². The molecule has 0 spiro atoms. The van der Waals surface area contributed by atoms with E-state index in [9.17, 15) is 0 Å². The highest BCUT2D eigenvalue weighted by molar-refractivity contribution is 4.63. The van der Waals surface area contributed by atoms with Crippen LogP contribution in [0.15, 0.2) is 0 Å². The second-order valence-corrected chi connectivity index (χ2v) is 2.81. The van der Waals surface area contributed by atoms with Crippen LogP contribution in [0.4, 0.5) is 0 Å². The smallest absolute Gasteiger partial charge is 0.0549 e. The SMILES string of the molecule is CC.CC.CC.CC1CCOC(C)C1. The molecule has 1 aliphatic rings. The summed E-state index contributed by atoms with van der Waals surface area (Å²) in [4.78, 5) is 0. The van der Waals surface area contributed by atoms with Crippen LogP contribution in [0.2, 0.25) is 0 Å². The van der Waals surface area contributed by atoms with Crippen molar-refractivity contribution in [2.24, 2.45) is 5.92 Å². The Kier molecular flexibility index (Phi) is 26.1. The lowest BCUT2D eigenvalue weighted by Gasteiger charge is -2.23. The van der Waals surface area contributed by atoms with Crippen molar-refractivity contribution in [2.75, 3.05) is 6.61 Å². The summed E-state index contributed by atoms with van der Waals surface area (Å²) >= 11 is 0. The van der Waals surface area contributed by atoms with Gasteiger partial charge < -0.3 is 4.74 Å². The maximum absolute atomic E-state index is 5.35. The Morgan fingerprint density at radius 1 is 0.857 bits per heavy atom. The van der Waals surface area contributed by atoms with Crippen molar-refractivity contribution in [3.05, 3.63) is 0 Å². The van der Waals surface area contributed by atoms with Crippen molar-refractivity contribution in [3.8, 4) is 0 Å². The molecule has 0 N–H and O–H groups in total. The van der Waals surface area contributed by atoms with Crippen LogP contribution in [0.25, 0.3) is 0 Å². The molecule has 2 unspecified atom stereocenters. The van der Waals surface area contributed by atoms with E-state index >= 15 is 0 Å². The maximum Gasteiger partial charge on any atom is 0.0549 e. The van der Waals surface area contributed by atoms with Gasteiger partial charge >= 0.3 is 0 Å². The number of ether oxygens (including phenoxy) is 1. The van der Waals surface area contributed by atoms with Crippen molar-refractivity contribution in [1.82, 2.24) is 0 Å². The fraction of sp³-hybridized carbons (Fsp3) is 1.00. The third-order valence-electron chi connectivity index (χ3n) is 1.75. The highest BCUT2D eigenvalue weighted by Crippen LogP contribution is 2.18. The first-order valence-electron chi connectivity index (χ1n) is 6.40. The maximum atomic E-state index is 5.35. The lowest BCUT2D eigenvalue weighted by atomic mass is 9.99. The summed E-state index contributed by atoms with van der Waals surface area (Å²) in [5.41, 5.74) is 0. The molecule has 0 bridgehead atoms. The molecule has 0 aromatic carbocycles. The molecule has 1 heteroatoms. The molecule has 0 radical (unpaired) electrons. The first-order valence-corrected chi connectivity index (χ1v) is 6.40. The summed E-state index contributed by atoms with van der Waals surface area (Å²) in [6.07, 6.45) is 3.02. The number of hydrogen-bond donors (Lipinski definition) is 0. The van der Waals surface area contributed by atoms with Gasteiger partial charge in [-0.1, -0.05) is 48.5 Å². The number of rotatable bonds is 0. The molecule has 0 aliphatic carbocycles. The third-order valence-corrected chi connectivity index (χ3v) is 1.75. The van der Waals surface area contributed by atoms with E-state index in [0.717, 1.165) is 12.5 Å². The van der Waals surface area contributed by atoms with E-state index < -0.39 is 0 Å². The summed E-state index contributed by atoms with van der Waals surface area (Å²) in [7, 11) is 0. The number of hydrogen-bond acceptors (Lipinski definition) is 1. The fourth-order valence-electron chi connectivity index (χ4n) is 1.22. The minimum Gasteiger partial charge on any atom is -0.378 e. The van der Waals surface area contributed by atoms with Crippen molar-refractivity contribution in [3.63, 3.8) is 0 Å². The van der Waals surface area contributed by atoms with Gasteiger partial charge in [-0.25, -0.2) is 0 Å². The summed E-state index contributed by atoms with van der Waals surface area (Å²) in [6.45, 7) is 17.4. The highest BCUT2D eigenvalue weighted by atomic mass is 16.5. The van der Waals surface area contributed by atoms with Crippen molar-refractivity contribution in [1.29, 1.82) is 0 Å². The molecule has 1 nitrogen and oxygen atoms in total. The van der Waals surface area contributed by atoms with Gasteiger partial charge in [-0.3, -0.25) is 0 Å². The molecule has 90 valence electrons. The van der Waals surface area contributed by atoms with E-state index in [0.29, 0.717) is 6.10 Å². The van der Waals surface area contributed by atoms with Crippen LogP contribution in [-0.2, 0) is 4.74 Å². The van der Waals surface area contributed by atoms with Gasteiger partial charge in [0.1, 0.15) is 0 Å². The van der Waals surface area contributed by atoms with Gasteiger partial charge in [0.25, 0.3) is 0 Å². The van der Waals surface area contributed by atoms with Gasteiger partial charge in [-0.2, -0.15) is 0 Å². The lowest BCUT2D eigenvalue weighted by Crippen LogP contribution is -2.20. The van der Waals surface area contributed by atoms with Crippen molar-refractivity contribution >= 4 is 0 Å². The van der Waals surface area contributed by atoms with E-state index in [2.05, 4.69) is 13.8 Å². The second kappa shape index (κ2) is 18.7. The van der Waals surface area contributed by atoms with Crippen molar-refractivity contribution in [2.45, 2.75) is 74.3 Å².